The molecule has 11 heteroatoms. The third kappa shape index (κ3) is 4.58. The summed E-state index contributed by atoms with van der Waals surface area (Å²) in [4.78, 5) is 39.9. The summed E-state index contributed by atoms with van der Waals surface area (Å²) in [6.07, 6.45) is 0.885. The number of phenols is 2. The highest BCUT2D eigenvalue weighted by Crippen LogP contribution is 2.52. The SMILES string of the molecule is C#CCN[C@H]1C[C@H](O[C@H]2C[C@](O)(C(C)=O)Cc3c(O)c4c(c(O)c32)C(=O)c2c(OC)cccc2C4=O)O[C@@H](C)[C@H]1O. The number of terminal acetylenes is 1. The van der Waals surface area contributed by atoms with Gasteiger partial charge in [-0.15, -0.1) is 6.42 Å². The van der Waals surface area contributed by atoms with Crippen molar-refractivity contribution in [1.29, 1.82) is 0 Å². The number of methoxy groups -OCH3 is 1. The molecule has 11 nitrogen and oxygen atoms in total. The number of phenolic OH excluding ortho intramolecular Hbond substituents is 2. The molecule has 5 rings (SSSR count). The Kier molecular flexibility index (Phi) is 7.40. The number of ketones is 3. The number of aliphatic hydroxyl groups is 2. The number of aliphatic hydroxyl groups excluding tert-OH is 1. The van der Waals surface area contributed by atoms with Crippen LogP contribution in [0.3, 0.4) is 0 Å². The summed E-state index contributed by atoms with van der Waals surface area (Å²) >= 11 is 0. The average molecular weight is 566 g/mol. The predicted octanol–water partition coefficient (Wildman–Crippen LogP) is 1.29. The molecule has 2 aromatic carbocycles. The van der Waals surface area contributed by atoms with Gasteiger partial charge in [0, 0.05) is 42.0 Å². The molecule has 1 saturated heterocycles. The van der Waals surface area contributed by atoms with Crippen molar-refractivity contribution < 1.29 is 49.0 Å². The summed E-state index contributed by atoms with van der Waals surface area (Å²) in [5.41, 5.74) is -3.07. The van der Waals surface area contributed by atoms with Gasteiger partial charge in [0.15, 0.2) is 17.9 Å². The Bertz CT molecular complexity index is 1490. The predicted molar refractivity (Wildman–Crippen MR) is 143 cm³/mol. The first-order chi connectivity index (χ1) is 19.4. The number of rotatable bonds is 6. The Hall–Kier alpha value is -3.79. The fourth-order valence-electron chi connectivity index (χ4n) is 6.02. The summed E-state index contributed by atoms with van der Waals surface area (Å²) in [6.45, 7) is 3.00. The van der Waals surface area contributed by atoms with Crippen LogP contribution in [0.2, 0.25) is 0 Å². The van der Waals surface area contributed by atoms with Crippen molar-refractivity contribution >= 4 is 17.3 Å². The normalized spacial score (nSPS) is 28.7. The number of hydrogen-bond acceptors (Lipinski definition) is 11. The molecule has 2 aliphatic carbocycles. The second-order valence-electron chi connectivity index (χ2n) is 10.7. The van der Waals surface area contributed by atoms with E-state index in [1.807, 2.05) is 0 Å². The van der Waals surface area contributed by atoms with Gasteiger partial charge in [0.05, 0.1) is 48.7 Å². The van der Waals surface area contributed by atoms with Crippen LogP contribution in [0, 0.1) is 12.3 Å². The first-order valence-corrected chi connectivity index (χ1v) is 13.2. The zero-order valence-electron chi connectivity index (χ0n) is 22.8. The van der Waals surface area contributed by atoms with Crippen LogP contribution in [0.25, 0.3) is 0 Å². The first kappa shape index (κ1) is 28.7. The van der Waals surface area contributed by atoms with E-state index in [2.05, 4.69) is 11.2 Å². The third-order valence-electron chi connectivity index (χ3n) is 8.22. The highest BCUT2D eigenvalue weighted by atomic mass is 16.7. The van der Waals surface area contributed by atoms with Crippen LogP contribution in [0.5, 0.6) is 17.2 Å². The summed E-state index contributed by atoms with van der Waals surface area (Å²) in [5.74, 6) is -0.750. The van der Waals surface area contributed by atoms with Crippen LogP contribution in [-0.4, -0.2) is 81.6 Å². The van der Waals surface area contributed by atoms with Crippen molar-refractivity contribution in [2.45, 2.75) is 69.4 Å². The molecule has 0 unspecified atom stereocenters. The van der Waals surface area contributed by atoms with E-state index in [-0.39, 0.29) is 47.4 Å². The van der Waals surface area contributed by atoms with Crippen molar-refractivity contribution in [2.75, 3.05) is 13.7 Å². The third-order valence-corrected chi connectivity index (χ3v) is 8.22. The van der Waals surface area contributed by atoms with Crippen LogP contribution in [0.4, 0.5) is 0 Å². The lowest BCUT2D eigenvalue weighted by Crippen LogP contribution is -2.54. The summed E-state index contributed by atoms with van der Waals surface area (Å²) in [6, 6.07) is 3.93. The Labute approximate surface area is 236 Å². The molecular weight excluding hydrogens is 534 g/mol. The topological polar surface area (TPSA) is 172 Å². The van der Waals surface area contributed by atoms with E-state index >= 15 is 0 Å². The minimum absolute atomic E-state index is 0.0180. The molecule has 1 heterocycles. The maximum atomic E-state index is 13.7. The monoisotopic (exact) mass is 565 g/mol. The van der Waals surface area contributed by atoms with Crippen LogP contribution >= 0.6 is 0 Å². The van der Waals surface area contributed by atoms with Gasteiger partial charge in [-0.25, -0.2) is 0 Å². The fraction of sp³-hybridized carbons (Fsp3) is 0.433. The zero-order chi connectivity index (χ0) is 29.8. The van der Waals surface area contributed by atoms with Crippen molar-refractivity contribution in [3.05, 3.63) is 51.6 Å². The van der Waals surface area contributed by atoms with Crippen LogP contribution in [-0.2, 0) is 20.7 Å². The number of hydrogen-bond donors (Lipinski definition) is 5. The molecule has 2 aromatic rings. The molecule has 0 bridgehead atoms. The van der Waals surface area contributed by atoms with Gasteiger partial charge in [-0.1, -0.05) is 18.1 Å². The Morgan fingerprint density at radius 3 is 2.56 bits per heavy atom. The Balaban J connectivity index is 1.63. The standard InChI is InChI=1S/C30H31NO10/c1-5-9-31-17-10-20(40-13(2)25(17)33)41-19-12-30(38,14(3)32)11-16-22(19)29(37)24-23(27(16)35)26(34)15-7-6-8-18(39-4)21(15)28(24)36/h1,6-8,13,17,19-20,25,31,33,35,37-38H,9-12H2,2-4H3/t13-,17-,19-,20-,25+,30-/m0/s1. The number of Topliss-reactive ketones (excluding diaryl/α,β-unsaturated/α-hetero) is 1. The van der Waals surface area contributed by atoms with Gasteiger partial charge in [-0.2, -0.15) is 0 Å². The van der Waals surface area contributed by atoms with Gasteiger partial charge >= 0.3 is 0 Å². The minimum Gasteiger partial charge on any atom is -0.507 e. The van der Waals surface area contributed by atoms with E-state index in [4.69, 9.17) is 20.6 Å². The molecule has 0 radical (unpaired) electrons. The maximum Gasteiger partial charge on any atom is 0.202 e. The Morgan fingerprint density at radius 2 is 1.90 bits per heavy atom. The number of carbonyl (C=O) groups is 3. The molecule has 216 valence electrons. The molecule has 0 amide bonds. The quantitative estimate of drug-likeness (QED) is 0.215. The number of carbonyl (C=O) groups excluding carboxylic acids is 3. The lowest BCUT2D eigenvalue weighted by Gasteiger charge is -2.42. The smallest absolute Gasteiger partial charge is 0.202 e. The second kappa shape index (κ2) is 10.6. The van der Waals surface area contributed by atoms with Crippen molar-refractivity contribution in [3.63, 3.8) is 0 Å². The molecule has 3 aliphatic rings. The molecular formula is C30H31NO10. The van der Waals surface area contributed by atoms with Crippen molar-refractivity contribution in [2.24, 2.45) is 0 Å². The van der Waals surface area contributed by atoms with E-state index in [1.54, 1.807) is 6.92 Å². The van der Waals surface area contributed by atoms with Gasteiger partial charge in [-0.05, 0) is 19.9 Å². The summed E-state index contributed by atoms with van der Waals surface area (Å²) < 4.78 is 17.3. The number of benzene rings is 2. The molecule has 0 spiro atoms. The molecule has 6 atom stereocenters. The lowest BCUT2D eigenvalue weighted by molar-refractivity contribution is -0.249. The molecule has 0 aromatic heterocycles. The van der Waals surface area contributed by atoms with Gasteiger partial charge < -0.3 is 40.0 Å². The van der Waals surface area contributed by atoms with Gasteiger partial charge in [0.25, 0.3) is 0 Å². The highest BCUT2D eigenvalue weighted by molar-refractivity contribution is 6.31. The maximum absolute atomic E-state index is 13.7. The summed E-state index contributed by atoms with van der Waals surface area (Å²) in [5, 5.41) is 47.9. The Morgan fingerprint density at radius 1 is 1.20 bits per heavy atom. The van der Waals surface area contributed by atoms with Crippen molar-refractivity contribution in [1.82, 2.24) is 5.32 Å². The van der Waals surface area contributed by atoms with Crippen LogP contribution in [0.15, 0.2) is 18.2 Å². The van der Waals surface area contributed by atoms with Crippen LogP contribution in [0.1, 0.15) is 75.8 Å². The van der Waals surface area contributed by atoms with E-state index in [0.717, 1.165) is 0 Å². The average Bonchev–Trinajstić information content (AvgIpc) is 2.93. The van der Waals surface area contributed by atoms with E-state index in [9.17, 15) is 34.8 Å². The number of fused-ring (bicyclic) bond motifs is 3. The van der Waals surface area contributed by atoms with E-state index in [0.29, 0.717) is 0 Å². The lowest BCUT2D eigenvalue weighted by atomic mass is 9.72. The van der Waals surface area contributed by atoms with E-state index < -0.39 is 82.6 Å². The second-order valence-corrected chi connectivity index (χ2v) is 10.7. The molecule has 1 fully saturated rings. The fourth-order valence-corrected chi connectivity index (χ4v) is 6.02. The highest BCUT2D eigenvalue weighted by Gasteiger charge is 2.49. The van der Waals surface area contributed by atoms with Gasteiger partial charge in [-0.3, -0.25) is 14.4 Å². The summed E-state index contributed by atoms with van der Waals surface area (Å²) in [7, 11) is 1.34. The van der Waals surface area contributed by atoms with Gasteiger partial charge in [0.1, 0.15) is 22.8 Å². The molecule has 41 heavy (non-hydrogen) atoms. The first-order valence-electron chi connectivity index (χ1n) is 13.2. The zero-order valence-corrected chi connectivity index (χ0v) is 22.8. The molecule has 0 saturated carbocycles. The molecule has 5 N–H and O–H groups in total. The number of ether oxygens (including phenoxy) is 3. The largest absolute Gasteiger partial charge is 0.507 e. The van der Waals surface area contributed by atoms with E-state index in [1.165, 1.54) is 32.2 Å². The van der Waals surface area contributed by atoms with Gasteiger partial charge in [0.2, 0.25) is 5.78 Å². The minimum atomic E-state index is -2.01. The number of nitrogens with one attached hydrogen (secondary N) is 1. The molecule has 1 aliphatic heterocycles. The number of aromatic hydroxyl groups is 2. The van der Waals surface area contributed by atoms with Crippen LogP contribution < -0.4 is 10.1 Å². The van der Waals surface area contributed by atoms with Crippen molar-refractivity contribution in [3.8, 4) is 29.6 Å².